The van der Waals surface area contributed by atoms with Gasteiger partial charge in [-0.15, -0.1) is 0 Å². The van der Waals surface area contributed by atoms with Crippen LogP contribution in [0, 0.1) is 0 Å². The molecule has 0 saturated carbocycles. The van der Waals surface area contributed by atoms with Crippen LogP contribution in [0.5, 0.6) is 5.88 Å². The molecule has 0 aliphatic heterocycles. The van der Waals surface area contributed by atoms with Crippen molar-refractivity contribution in [1.82, 2.24) is 25.1 Å². The third kappa shape index (κ3) is 3.49. The Labute approximate surface area is 149 Å². The molecule has 8 heteroatoms. The number of H-pyrrole nitrogens is 1. The molecule has 3 aromatic heterocycles. The van der Waals surface area contributed by atoms with E-state index in [1.807, 2.05) is 6.92 Å². The van der Waals surface area contributed by atoms with Gasteiger partial charge in [-0.05, 0) is 30.2 Å². The Morgan fingerprint density at radius 1 is 1.31 bits per heavy atom. The average Bonchev–Trinajstić information content (AvgIpc) is 3.07. The van der Waals surface area contributed by atoms with E-state index in [1.54, 1.807) is 36.7 Å². The fraction of sp³-hybridized carbons (Fsp3) is 0.222. The number of carbonyl (C=O) groups excluding carboxylic acids is 1. The van der Waals surface area contributed by atoms with Crippen molar-refractivity contribution in [2.45, 2.75) is 13.3 Å². The summed E-state index contributed by atoms with van der Waals surface area (Å²) < 4.78 is 6.41. The third-order valence-corrected chi connectivity index (χ3v) is 3.80. The van der Waals surface area contributed by atoms with E-state index in [1.165, 1.54) is 18.0 Å². The minimum absolute atomic E-state index is 0.186. The molecular weight excluding hydrogens is 334 g/mol. The number of pyridine rings is 2. The third-order valence-electron chi connectivity index (χ3n) is 3.80. The maximum Gasteiger partial charge on any atom is 0.280 e. The van der Waals surface area contributed by atoms with Gasteiger partial charge in [0.2, 0.25) is 5.88 Å². The molecule has 0 aliphatic rings. The second-order valence-corrected chi connectivity index (χ2v) is 5.58. The van der Waals surface area contributed by atoms with Crippen LogP contribution in [0.1, 0.15) is 23.7 Å². The zero-order valence-corrected chi connectivity index (χ0v) is 14.5. The maximum absolute atomic E-state index is 12.7. The second kappa shape index (κ2) is 7.64. The van der Waals surface area contributed by atoms with Crippen molar-refractivity contribution in [1.29, 1.82) is 0 Å². The molecule has 3 rings (SSSR count). The molecular formula is C18H19N5O3. The van der Waals surface area contributed by atoms with Crippen molar-refractivity contribution >= 4 is 5.91 Å². The fourth-order valence-electron chi connectivity index (χ4n) is 2.43. The summed E-state index contributed by atoms with van der Waals surface area (Å²) in [6.45, 7) is 2.59. The molecule has 2 N–H and O–H groups in total. The van der Waals surface area contributed by atoms with E-state index in [4.69, 9.17) is 4.74 Å². The number of aromatic amines is 1. The standard InChI is InChI=1S/C18H19N5O3/c1-3-7-20-17(24)13-4-5-15(21-10-13)23-18(25)14(11-22-23)12-6-8-19-16(9-12)26-2/h4-6,8-11,22H,3,7H2,1-2H3,(H,20,24). The van der Waals surface area contributed by atoms with Gasteiger partial charge in [0.25, 0.3) is 11.5 Å². The first-order valence-electron chi connectivity index (χ1n) is 8.19. The Balaban J connectivity index is 1.88. The smallest absolute Gasteiger partial charge is 0.280 e. The molecule has 0 atom stereocenters. The summed E-state index contributed by atoms with van der Waals surface area (Å²) >= 11 is 0. The molecule has 0 fully saturated rings. The number of nitrogens with one attached hydrogen (secondary N) is 2. The van der Waals surface area contributed by atoms with E-state index < -0.39 is 0 Å². The Kier molecular flexibility index (Phi) is 5.12. The van der Waals surface area contributed by atoms with Gasteiger partial charge in [-0.1, -0.05) is 6.92 Å². The van der Waals surface area contributed by atoms with Gasteiger partial charge in [-0.25, -0.2) is 14.6 Å². The molecule has 3 aromatic rings. The van der Waals surface area contributed by atoms with Crippen LogP contribution in [0.3, 0.4) is 0 Å². The summed E-state index contributed by atoms with van der Waals surface area (Å²) in [5.41, 5.74) is 1.35. The fourth-order valence-corrected chi connectivity index (χ4v) is 2.43. The van der Waals surface area contributed by atoms with Gasteiger partial charge in [0.1, 0.15) is 0 Å². The van der Waals surface area contributed by atoms with Crippen LogP contribution < -0.4 is 15.6 Å². The number of aromatic nitrogens is 4. The van der Waals surface area contributed by atoms with Crippen molar-refractivity contribution < 1.29 is 9.53 Å². The zero-order valence-electron chi connectivity index (χ0n) is 14.5. The minimum Gasteiger partial charge on any atom is -0.481 e. The van der Waals surface area contributed by atoms with Gasteiger partial charge in [0.15, 0.2) is 5.82 Å². The number of hydrogen-bond acceptors (Lipinski definition) is 5. The van der Waals surface area contributed by atoms with Crippen molar-refractivity contribution in [3.8, 4) is 22.8 Å². The predicted molar refractivity (Wildman–Crippen MR) is 96.6 cm³/mol. The van der Waals surface area contributed by atoms with Crippen molar-refractivity contribution in [3.05, 3.63) is 58.8 Å². The lowest BCUT2D eigenvalue weighted by atomic mass is 10.1. The summed E-state index contributed by atoms with van der Waals surface area (Å²) in [4.78, 5) is 32.9. The Hall–Kier alpha value is -3.42. The van der Waals surface area contributed by atoms with E-state index >= 15 is 0 Å². The van der Waals surface area contributed by atoms with Crippen molar-refractivity contribution in [3.63, 3.8) is 0 Å². The van der Waals surface area contributed by atoms with E-state index in [9.17, 15) is 9.59 Å². The predicted octanol–water partition coefficient (Wildman–Crippen LogP) is 1.77. The number of methoxy groups -OCH3 is 1. The van der Waals surface area contributed by atoms with Crippen LogP contribution >= 0.6 is 0 Å². The molecule has 0 aromatic carbocycles. The summed E-state index contributed by atoms with van der Waals surface area (Å²) in [7, 11) is 1.52. The first kappa shape index (κ1) is 17.4. The first-order chi connectivity index (χ1) is 12.6. The van der Waals surface area contributed by atoms with Crippen LogP contribution in [-0.2, 0) is 0 Å². The topological polar surface area (TPSA) is 102 Å². The average molecular weight is 353 g/mol. The van der Waals surface area contributed by atoms with Gasteiger partial charge >= 0.3 is 0 Å². The molecule has 0 saturated heterocycles. The van der Waals surface area contributed by atoms with E-state index in [-0.39, 0.29) is 11.5 Å². The van der Waals surface area contributed by atoms with Crippen LogP contribution in [0.2, 0.25) is 0 Å². The largest absolute Gasteiger partial charge is 0.481 e. The number of rotatable bonds is 6. The van der Waals surface area contributed by atoms with Gasteiger partial charge in [0, 0.05) is 31.2 Å². The maximum atomic E-state index is 12.7. The van der Waals surface area contributed by atoms with E-state index in [0.29, 0.717) is 34.9 Å². The minimum atomic E-state index is -0.256. The molecule has 3 heterocycles. The highest BCUT2D eigenvalue weighted by molar-refractivity contribution is 5.93. The number of carbonyl (C=O) groups is 1. The summed E-state index contributed by atoms with van der Waals surface area (Å²) in [5, 5.41) is 5.67. The highest BCUT2D eigenvalue weighted by atomic mass is 16.5. The molecule has 1 amide bonds. The SMILES string of the molecule is CCCNC(=O)c1ccc(-n2[nH]cc(-c3ccnc(OC)c3)c2=O)nc1. The summed E-state index contributed by atoms with van der Waals surface area (Å²) in [5.74, 6) is 0.638. The summed E-state index contributed by atoms with van der Waals surface area (Å²) in [6, 6.07) is 6.67. The van der Waals surface area contributed by atoms with Crippen molar-refractivity contribution in [2.24, 2.45) is 0 Å². The lowest BCUT2D eigenvalue weighted by molar-refractivity contribution is 0.0953. The van der Waals surface area contributed by atoms with Crippen molar-refractivity contribution in [2.75, 3.05) is 13.7 Å². The lowest BCUT2D eigenvalue weighted by Crippen LogP contribution is -2.24. The molecule has 8 nitrogen and oxygen atoms in total. The van der Waals surface area contributed by atoms with Crippen LogP contribution in [0.4, 0.5) is 0 Å². The highest BCUT2D eigenvalue weighted by Crippen LogP contribution is 2.19. The van der Waals surface area contributed by atoms with E-state index in [2.05, 4.69) is 20.4 Å². The normalized spacial score (nSPS) is 10.5. The van der Waals surface area contributed by atoms with E-state index in [0.717, 1.165) is 6.42 Å². The molecule has 0 bridgehead atoms. The van der Waals surface area contributed by atoms with Gasteiger partial charge in [-0.3, -0.25) is 14.7 Å². The lowest BCUT2D eigenvalue weighted by Gasteiger charge is -2.04. The van der Waals surface area contributed by atoms with Crippen LogP contribution in [-0.4, -0.2) is 39.3 Å². The Morgan fingerprint density at radius 2 is 2.15 bits per heavy atom. The molecule has 0 aliphatic carbocycles. The quantitative estimate of drug-likeness (QED) is 0.703. The van der Waals surface area contributed by atoms with Crippen LogP contribution in [0.15, 0.2) is 47.7 Å². The Morgan fingerprint density at radius 3 is 2.85 bits per heavy atom. The van der Waals surface area contributed by atoms with Gasteiger partial charge in [0.05, 0.1) is 18.2 Å². The van der Waals surface area contributed by atoms with Gasteiger partial charge < -0.3 is 10.1 Å². The Bertz CT molecular complexity index is 959. The molecule has 0 spiro atoms. The molecule has 134 valence electrons. The highest BCUT2D eigenvalue weighted by Gasteiger charge is 2.12. The molecule has 0 radical (unpaired) electrons. The number of nitrogens with zero attached hydrogens (tertiary/aromatic N) is 3. The molecule has 26 heavy (non-hydrogen) atoms. The number of ether oxygens (including phenoxy) is 1. The molecule has 0 unspecified atom stereocenters. The number of amides is 1. The monoisotopic (exact) mass is 353 g/mol. The van der Waals surface area contributed by atoms with Gasteiger partial charge in [-0.2, -0.15) is 0 Å². The second-order valence-electron chi connectivity index (χ2n) is 5.58. The zero-order chi connectivity index (χ0) is 18.5. The number of hydrogen-bond donors (Lipinski definition) is 2. The van der Waals surface area contributed by atoms with Crippen LogP contribution in [0.25, 0.3) is 16.9 Å². The summed E-state index contributed by atoms with van der Waals surface area (Å²) in [6.07, 6.45) is 5.48. The first-order valence-corrected chi connectivity index (χ1v) is 8.19.